The molecule has 0 atom stereocenters. The summed E-state index contributed by atoms with van der Waals surface area (Å²) in [6.45, 7) is 0. The second-order valence-electron chi connectivity index (χ2n) is 2.39. The zero-order chi connectivity index (χ0) is 8.70. The summed E-state index contributed by atoms with van der Waals surface area (Å²) >= 11 is 0. The van der Waals surface area contributed by atoms with Crippen molar-refractivity contribution in [2.24, 2.45) is 0 Å². The average Bonchev–Trinajstić information content (AvgIpc) is 1.49. The summed E-state index contributed by atoms with van der Waals surface area (Å²) in [5.41, 5.74) is 0. The van der Waals surface area contributed by atoms with Crippen molar-refractivity contribution in [3.8, 4) is 0 Å². The molecule has 64 valence electrons. The molecule has 0 spiro atoms. The molecule has 0 radical (unpaired) electrons. The highest BCUT2D eigenvalue weighted by atomic mass is 16.6. The summed E-state index contributed by atoms with van der Waals surface area (Å²) in [7, 11) is 0. The van der Waals surface area contributed by atoms with Crippen LogP contribution in [-0.2, 0) is 0 Å². The zero-order valence-electron chi connectivity index (χ0n) is 5.40. The monoisotopic (exact) mass is 164 g/mol. The molecular formula is C4H8N2O5. The second kappa shape index (κ2) is 2.05. The smallest absolute Gasteiger partial charge is 0.322 e. The Balaban J connectivity index is 2.74. The van der Waals surface area contributed by atoms with Crippen LogP contribution >= 0.6 is 0 Å². The van der Waals surface area contributed by atoms with Crippen molar-refractivity contribution >= 4 is 6.03 Å². The Labute approximate surface area is 61.3 Å². The van der Waals surface area contributed by atoms with Gasteiger partial charge < -0.3 is 20.4 Å². The van der Waals surface area contributed by atoms with Crippen LogP contribution in [0.4, 0.5) is 4.79 Å². The number of urea groups is 1. The molecule has 0 aliphatic carbocycles. The topological polar surface area (TPSA) is 122 Å². The number of rotatable bonds is 0. The van der Waals surface area contributed by atoms with Gasteiger partial charge in [-0.2, -0.15) is 0 Å². The van der Waals surface area contributed by atoms with Crippen molar-refractivity contribution in [1.29, 1.82) is 0 Å². The van der Waals surface area contributed by atoms with E-state index in [-0.39, 0.29) is 0 Å². The molecule has 6 N–H and O–H groups in total. The Kier molecular flexibility index (Phi) is 1.53. The Morgan fingerprint density at radius 1 is 1.09 bits per heavy atom. The van der Waals surface area contributed by atoms with E-state index >= 15 is 0 Å². The van der Waals surface area contributed by atoms with Gasteiger partial charge in [-0.1, -0.05) is 0 Å². The van der Waals surface area contributed by atoms with Gasteiger partial charge >= 0.3 is 6.03 Å². The van der Waals surface area contributed by atoms with Crippen molar-refractivity contribution in [1.82, 2.24) is 10.6 Å². The number of hydrogen-bond acceptors (Lipinski definition) is 5. The Morgan fingerprint density at radius 3 is 1.73 bits per heavy atom. The van der Waals surface area contributed by atoms with Crippen molar-refractivity contribution in [2.75, 3.05) is 0 Å². The molecule has 0 bridgehead atoms. The SMILES string of the molecule is O=C1NC(O)(O)CC(O)(O)N1. The second-order valence-corrected chi connectivity index (χ2v) is 2.39. The molecule has 1 aliphatic rings. The third-order valence-corrected chi connectivity index (χ3v) is 1.12. The molecular weight excluding hydrogens is 156 g/mol. The van der Waals surface area contributed by atoms with Gasteiger partial charge in [0.2, 0.25) is 0 Å². The summed E-state index contributed by atoms with van der Waals surface area (Å²) in [6, 6.07) is -1.06. The highest BCUT2D eigenvalue weighted by Crippen LogP contribution is 2.15. The van der Waals surface area contributed by atoms with E-state index in [1.54, 1.807) is 10.6 Å². The minimum absolute atomic E-state index is 0.828. The molecule has 0 unspecified atom stereocenters. The maximum Gasteiger partial charge on any atom is 0.322 e. The number of hydrogen-bond donors (Lipinski definition) is 6. The first-order chi connectivity index (χ1) is 4.81. The van der Waals surface area contributed by atoms with Gasteiger partial charge in [-0.15, -0.1) is 0 Å². The van der Waals surface area contributed by atoms with Gasteiger partial charge in [0.15, 0.2) is 0 Å². The maximum absolute atomic E-state index is 10.4. The first kappa shape index (κ1) is 8.21. The number of amides is 2. The van der Waals surface area contributed by atoms with Gasteiger partial charge in [0.1, 0.15) is 0 Å². The highest BCUT2D eigenvalue weighted by Gasteiger charge is 2.43. The zero-order valence-corrected chi connectivity index (χ0v) is 5.40. The van der Waals surface area contributed by atoms with E-state index in [1.165, 1.54) is 0 Å². The van der Waals surface area contributed by atoms with Crippen LogP contribution in [0.2, 0.25) is 0 Å². The molecule has 11 heavy (non-hydrogen) atoms. The molecule has 7 nitrogen and oxygen atoms in total. The van der Waals surface area contributed by atoms with Crippen molar-refractivity contribution in [3.05, 3.63) is 0 Å². The van der Waals surface area contributed by atoms with Crippen molar-refractivity contribution in [2.45, 2.75) is 18.2 Å². The Morgan fingerprint density at radius 2 is 1.45 bits per heavy atom. The van der Waals surface area contributed by atoms with E-state index in [2.05, 4.69) is 0 Å². The fourth-order valence-corrected chi connectivity index (χ4v) is 0.827. The van der Waals surface area contributed by atoms with Crippen LogP contribution in [0.1, 0.15) is 6.42 Å². The molecule has 1 rings (SSSR count). The van der Waals surface area contributed by atoms with Gasteiger partial charge in [-0.05, 0) is 0 Å². The number of carbonyl (C=O) groups excluding carboxylic acids is 1. The minimum Gasteiger partial charge on any atom is -0.349 e. The molecule has 0 aromatic carbocycles. The summed E-state index contributed by atoms with van der Waals surface area (Å²) in [5.74, 6) is -5.16. The average molecular weight is 164 g/mol. The third kappa shape index (κ3) is 2.02. The Hall–Kier alpha value is -0.890. The molecule has 1 aliphatic heterocycles. The predicted molar refractivity (Wildman–Crippen MR) is 30.6 cm³/mol. The van der Waals surface area contributed by atoms with E-state index in [0.29, 0.717) is 0 Å². The normalized spacial score (nSPS) is 27.1. The van der Waals surface area contributed by atoms with Gasteiger partial charge in [0, 0.05) is 0 Å². The Bertz CT molecular complexity index is 171. The standard InChI is InChI=1S/C4H8N2O5/c7-2-5-3(8,9)1-4(10,11)6-2/h8-11H,1H2,(H2,5,6,7). The molecule has 0 aromatic heterocycles. The van der Waals surface area contributed by atoms with Crippen LogP contribution in [0.5, 0.6) is 0 Å². The van der Waals surface area contributed by atoms with E-state index in [0.717, 1.165) is 0 Å². The van der Waals surface area contributed by atoms with Crippen LogP contribution in [0.15, 0.2) is 0 Å². The van der Waals surface area contributed by atoms with Crippen LogP contribution in [0, 0.1) is 0 Å². The van der Waals surface area contributed by atoms with Gasteiger partial charge in [0.05, 0.1) is 6.42 Å². The van der Waals surface area contributed by atoms with Crippen molar-refractivity contribution in [3.63, 3.8) is 0 Å². The lowest BCUT2D eigenvalue weighted by atomic mass is 10.2. The van der Waals surface area contributed by atoms with Crippen LogP contribution in [-0.4, -0.2) is 38.3 Å². The number of nitrogens with one attached hydrogen (secondary N) is 2. The molecule has 0 saturated carbocycles. The highest BCUT2D eigenvalue weighted by molar-refractivity contribution is 5.75. The van der Waals surface area contributed by atoms with Gasteiger partial charge in [-0.3, -0.25) is 10.6 Å². The molecule has 2 amide bonds. The first-order valence-electron chi connectivity index (χ1n) is 2.81. The number of aliphatic hydroxyl groups is 4. The van der Waals surface area contributed by atoms with Crippen LogP contribution in [0.25, 0.3) is 0 Å². The fraction of sp³-hybridized carbons (Fsp3) is 0.750. The number of carbonyl (C=O) groups is 1. The van der Waals surface area contributed by atoms with E-state index in [4.69, 9.17) is 20.4 Å². The molecule has 7 heteroatoms. The fourth-order valence-electron chi connectivity index (χ4n) is 0.827. The lowest BCUT2D eigenvalue weighted by molar-refractivity contribution is -0.282. The van der Waals surface area contributed by atoms with Crippen molar-refractivity contribution < 1.29 is 25.2 Å². The molecule has 1 heterocycles. The summed E-state index contributed by atoms with van der Waals surface area (Å²) < 4.78 is 0. The predicted octanol–water partition coefficient (Wildman–Crippen LogP) is -3.03. The summed E-state index contributed by atoms with van der Waals surface area (Å²) in [5, 5.41) is 38.3. The van der Waals surface area contributed by atoms with Crippen LogP contribution in [0.3, 0.4) is 0 Å². The maximum atomic E-state index is 10.4. The lowest BCUT2D eigenvalue weighted by Gasteiger charge is -2.35. The molecule has 1 fully saturated rings. The summed E-state index contributed by atoms with van der Waals surface area (Å²) in [4.78, 5) is 10.4. The first-order valence-corrected chi connectivity index (χ1v) is 2.81. The molecule has 0 aromatic rings. The quantitative estimate of drug-likeness (QED) is 0.213. The lowest BCUT2D eigenvalue weighted by Crippen LogP contribution is -2.68. The van der Waals surface area contributed by atoms with Crippen LogP contribution < -0.4 is 10.6 Å². The summed E-state index contributed by atoms with van der Waals surface area (Å²) in [6.07, 6.45) is -0.828. The molecule has 1 saturated heterocycles. The van der Waals surface area contributed by atoms with Gasteiger partial charge in [-0.25, -0.2) is 4.79 Å². The van der Waals surface area contributed by atoms with E-state index in [9.17, 15) is 4.79 Å². The minimum atomic E-state index is -2.58. The van der Waals surface area contributed by atoms with E-state index < -0.39 is 24.3 Å². The van der Waals surface area contributed by atoms with E-state index in [1.807, 2.05) is 0 Å². The largest absolute Gasteiger partial charge is 0.349 e. The van der Waals surface area contributed by atoms with Gasteiger partial charge in [0.25, 0.3) is 11.8 Å². The third-order valence-electron chi connectivity index (χ3n) is 1.12.